The van der Waals surface area contributed by atoms with Crippen molar-refractivity contribution < 1.29 is 0 Å². The second kappa shape index (κ2) is 15.0. The predicted molar refractivity (Wildman–Crippen MR) is 148 cm³/mol. The molecule has 1 aromatic rings. The van der Waals surface area contributed by atoms with Gasteiger partial charge in [-0.1, -0.05) is 0 Å². The van der Waals surface area contributed by atoms with Gasteiger partial charge in [0.2, 0.25) is 0 Å². The van der Waals surface area contributed by atoms with E-state index >= 15 is 0 Å². The summed E-state index contributed by atoms with van der Waals surface area (Å²) in [4.78, 5) is 0. The third-order valence-electron chi connectivity index (χ3n) is 6.50. The molecule has 0 atom stereocenters. The van der Waals surface area contributed by atoms with E-state index in [1.165, 1.54) is 107 Å². The van der Waals surface area contributed by atoms with Gasteiger partial charge in [-0.2, -0.15) is 0 Å². The van der Waals surface area contributed by atoms with Crippen molar-refractivity contribution in [3.05, 3.63) is 42.0 Å². The van der Waals surface area contributed by atoms with Crippen molar-refractivity contribution in [1.29, 1.82) is 0 Å². The summed E-state index contributed by atoms with van der Waals surface area (Å²) < 4.78 is -1.77. The Balaban J connectivity index is 3.03. The van der Waals surface area contributed by atoms with Crippen molar-refractivity contribution in [2.45, 2.75) is 104 Å². The molecule has 0 aliphatic rings. The maximum atomic E-state index is 3.93. The van der Waals surface area contributed by atoms with Crippen LogP contribution in [-0.2, 0) is 6.16 Å². The van der Waals surface area contributed by atoms with Gasteiger partial charge in [-0.3, -0.25) is 0 Å². The van der Waals surface area contributed by atoms with Crippen LogP contribution in [0.1, 0.15) is 109 Å². The summed E-state index contributed by atoms with van der Waals surface area (Å²) in [5.41, 5.74) is 2.82. The van der Waals surface area contributed by atoms with Gasteiger partial charge in [-0.15, -0.1) is 0 Å². The van der Waals surface area contributed by atoms with Gasteiger partial charge in [0, 0.05) is 0 Å². The van der Waals surface area contributed by atoms with Crippen LogP contribution in [0.5, 0.6) is 0 Å². The van der Waals surface area contributed by atoms with E-state index < -0.39 is 4.25 Å². The van der Waals surface area contributed by atoms with E-state index in [0.29, 0.717) is 0 Å². The van der Waals surface area contributed by atoms with Crippen LogP contribution < -0.4 is 0 Å². The van der Waals surface area contributed by atoms with Crippen molar-refractivity contribution in [1.82, 2.24) is 0 Å². The molecule has 0 aliphatic carbocycles. The number of benzene rings is 1. The number of hydrogen-bond acceptors (Lipinski definition) is 0. The third kappa shape index (κ3) is 10.8. The van der Waals surface area contributed by atoms with Gasteiger partial charge < -0.3 is 0 Å². The minimum atomic E-state index is -1.77. The summed E-state index contributed by atoms with van der Waals surface area (Å²) in [6, 6.07) is 9.32. The normalized spacial score (nSPS) is 13.2. The Morgan fingerprint density at radius 3 is 1.45 bits per heavy atom. The molecule has 1 aromatic carbocycles. The second-order valence-electron chi connectivity index (χ2n) is 9.28. The monoisotopic (exact) mass is 530 g/mol. The number of hydrogen-bond donors (Lipinski definition) is 0. The molecule has 0 radical (unpaired) electrons. The van der Waals surface area contributed by atoms with Crippen molar-refractivity contribution in [3.63, 3.8) is 0 Å². The second-order valence-corrected chi connectivity index (χ2v) is 22.8. The van der Waals surface area contributed by atoms with Crippen LogP contribution >= 0.6 is 26.3 Å². The molecule has 29 heavy (non-hydrogen) atoms. The Morgan fingerprint density at radius 2 is 1.10 bits per heavy atom. The Kier molecular flexibility index (Phi) is 14.1. The minimum absolute atomic E-state index is 1.25. The van der Waals surface area contributed by atoms with Gasteiger partial charge in [0.15, 0.2) is 0 Å². The molecule has 168 valence electrons. The van der Waals surface area contributed by atoms with E-state index in [0.717, 1.165) is 0 Å². The summed E-state index contributed by atoms with van der Waals surface area (Å²) in [7, 11) is 0. The average Bonchev–Trinajstić information content (AvgIpc) is 2.73. The van der Waals surface area contributed by atoms with E-state index in [-0.39, 0.29) is 0 Å². The molecule has 0 aliphatic heterocycles. The quantitative estimate of drug-likeness (QED) is 0.101. The average molecular weight is 531 g/mol. The molecule has 2 heteroatoms. The molecule has 0 saturated heterocycles. The molecular formula is C27H48IP. The summed E-state index contributed by atoms with van der Waals surface area (Å²) in [5, 5.41) is 0. The Hall–Kier alpha value is 0.120. The third-order valence-corrected chi connectivity index (χ3v) is 17.3. The van der Waals surface area contributed by atoms with Gasteiger partial charge in [0.05, 0.1) is 0 Å². The number of unbranched alkanes of at least 4 members (excludes halogenated alkanes) is 9. The molecule has 0 heterocycles. The summed E-state index contributed by atoms with van der Waals surface area (Å²) in [6.07, 6.45) is 24.7. The molecule has 0 N–H and O–H groups in total. The maximum absolute atomic E-state index is 3.93. The Labute approximate surface area is 196 Å². The van der Waals surface area contributed by atoms with Gasteiger partial charge in [-0.25, -0.2) is 0 Å². The van der Waals surface area contributed by atoms with Crippen molar-refractivity contribution >= 4 is 32.4 Å². The Morgan fingerprint density at radius 1 is 0.690 bits per heavy atom. The molecule has 0 saturated carbocycles. The summed E-state index contributed by atoms with van der Waals surface area (Å²) in [6.45, 7) is 10.9. The van der Waals surface area contributed by atoms with E-state index in [4.69, 9.17) is 0 Å². The van der Waals surface area contributed by atoms with Crippen LogP contribution in [0.15, 0.2) is 30.8 Å². The molecule has 0 unspecified atom stereocenters. The van der Waals surface area contributed by atoms with E-state index in [1.54, 1.807) is 5.56 Å². The zero-order chi connectivity index (χ0) is 21.5. The van der Waals surface area contributed by atoms with Crippen molar-refractivity contribution in [2.75, 3.05) is 18.5 Å². The van der Waals surface area contributed by atoms with Gasteiger partial charge >= 0.3 is 197 Å². The fraction of sp³-hybridized carbons (Fsp3) is 0.704. The molecule has 0 bridgehead atoms. The molecular weight excluding hydrogens is 482 g/mol. The fourth-order valence-corrected chi connectivity index (χ4v) is 14.2. The topological polar surface area (TPSA) is 0 Å². The number of rotatable bonds is 18. The zero-order valence-electron chi connectivity index (χ0n) is 19.7. The first kappa shape index (κ1) is 27.2. The van der Waals surface area contributed by atoms with E-state index in [2.05, 4.69) is 73.7 Å². The molecule has 0 amide bonds. The van der Waals surface area contributed by atoms with Gasteiger partial charge in [0.25, 0.3) is 0 Å². The standard InChI is InChI=1S/C27H48IP/c1-5-9-12-15-22-29(28,23-16-13-10-6-2,24-17-14-11-7-3)25-27-20-18-26(8-4)19-21-27/h8,18-21H,4-7,9-17,22-25H2,1-3H3. The van der Waals surface area contributed by atoms with Crippen LogP contribution in [0, 0.1) is 0 Å². The van der Waals surface area contributed by atoms with Crippen LogP contribution in [0.4, 0.5) is 0 Å². The SMILES string of the molecule is C=Cc1ccc(CP(I)(CCCCCC)(CCCCCC)CCCCCC)cc1. The predicted octanol–water partition coefficient (Wildman–Crippen LogP) is 10.5. The number of halogens is 1. The molecule has 1 rings (SSSR count). The van der Waals surface area contributed by atoms with Crippen molar-refractivity contribution in [3.8, 4) is 0 Å². The molecule has 0 nitrogen and oxygen atoms in total. The first-order valence-corrected chi connectivity index (χ1v) is 18.2. The van der Waals surface area contributed by atoms with E-state index in [1.807, 2.05) is 6.08 Å². The van der Waals surface area contributed by atoms with E-state index in [9.17, 15) is 0 Å². The van der Waals surface area contributed by atoms with Crippen LogP contribution in [0.25, 0.3) is 6.08 Å². The summed E-state index contributed by atoms with van der Waals surface area (Å²) in [5.74, 6) is 0. The molecule has 0 spiro atoms. The first-order valence-electron chi connectivity index (χ1n) is 12.4. The first-order chi connectivity index (χ1) is 14.0. The van der Waals surface area contributed by atoms with Crippen LogP contribution in [0.3, 0.4) is 0 Å². The van der Waals surface area contributed by atoms with Gasteiger partial charge in [0.1, 0.15) is 0 Å². The van der Waals surface area contributed by atoms with Crippen LogP contribution in [-0.4, -0.2) is 18.5 Å². The van der Waals surface area contributed by atoms with Crippen LogP contribution in [0.2, 0.25) is 0 Å². The molecule has 0 fully saturated rings. The summed E-state index contributed by atoms with van der Waals surface area (Å²) >= 11 is 3.10. The zero-order valence-corrected chi connectivity index (χ0v) is 22.8. The fourth-order valence-electron chi connectivity index (χ4n) is 4.59. The van der Waals surface area contributed by atoms with Crippen molar-refractivity contribution in [2.24, 2.45) is 0 Å². The molecule has 0 aromatic heterocycles. The Bertz CT molecular complexity index is 514. The van der Waals surface area contributed by atoms with Gasteiger partial charge in [-0.05, 0) is 0 Å².